The van der Waals surface area contributed by atoms with E-state index in [9.17, 15) is 36.2 Å². The zero-order valence-corrected chi connectivity index (χ0v) is 22.0. The van der Waals surface area contributed by atoms with Crippen molar-refractivity contribution in [3.05, 3.63) is 41.5 Å². The highest BCUT2D eigenvalue weighted by Crippen LogP contribution is 2.61. The van der Waals surface area contributed by atoms with Crippen molar-refractivity contribution in [3.8, 4) is 5.75 Å². The molecular weight excluding hydrogens is 536 g/mol. The molecule has 5 aliphatic rings. The van der Waals surface area contributed by atoms with E-state index in [0.717, 1.165) is 37.7 Å². The molecule has 2 aromatic carbocycles. The fourth-order valence-electron chi connectivity index (χ4n) is 8.56. The second-order valence-corrected chi connectivity index (χ2v) is 12.8. The highest BCUT2D eigenvalue weighted by atomic mass is 19.4. The van der Waals surface area contributed by atoms with E-state index < -0.39 is 41.3 Å². The lowest BCUT2D eigenvalue weighted by molar-refractivity contribution is -0.185. The molecule has 0 saturated heterocycles. The number of ether oxygens (including phenoxy) is 1. The Morgan fingerprint density at radius 2 is 1.62 bits per heavy atom. The molecule has 10 heteroatoms. The van der Waals surface area contributed by atoms with Crippen molar-refractivity contribution in [1.82, 2.24) is 5.32 Å². The van der Waals surface area contributed by atoms with Gasteiger partial charge in [-0.2, -0.15) is 26.3 Å². The van der Waals surface area contributed by atoms with Gasteiger partial charge in [-0.15, -0.1) is 0 Å². The van der Waals surface area contributed by atoms with Gasteiger partial charge < -0.3 is 15.2 Å². The average molecular weight is 570 g/mol. The van der Waals surface area contributed by atoms with Crippen molar-refractivity contribution >= 4 is 16.7 Å². The zero-order chi connectivity index (χ0) is 28.5. The van der Waals surface area contributed by atoms with Crippen LogP contribution >= 0.6 is 0 Å². The van der Waals surface area contributed by atoms with Gasteiger partial charge in [0.05, 0.1) is 17.4 Å². The molecule has 0 heterocycles. The van der Waals surface area contributed by atoms with E-state index in [0.29, 0.717) is 30.2 Å². The van der Waals surface area contributed by atoms with Crippen LogP contribution in [0.15, 0.2) is 30.3 Å². The molecule has 0 radical (unpaired) electrons. The third-order valence-corrected chi connectivity index (χ3v) is 9.94. The largest absolute Gasteiger partial charge is 0.490 e. The van der Waals surface area contributed by atoms with Crippen LogP contribution in [0, 0.1) is 23.2 Å². The average Bonchev–Trinajstić information content (AvgIpc) is 2.85. The van der Waals surface area contributed by atoms with Gasteiger partial charge in [0.15, 0.2) is 0 Å². The van der Waals surface area contributed by atoms with Crippen molar-refractivity contribution in [3.63, 3.8) is 0 Å². The number of carboxylic acids is 1. The Bertz CT molecular complexity index is 1280. The first-order chi connectivity index (χ1) is 18.8. The summed E-state index contributed by atoms with van der Waals surface area (Å²) in [5.41, 5.74) is -1.05. The topological polar surface area (TPSA) is 58.6 Å². The van der Waals surface area contributed by atoms with Gasteiger partial charge in [0, 0.05) is 12.1 Å². The van der Waals surface area contributed by atoms with Gasteiger partial charge in [0.2, 0.25) is 0 Å². The summed E-state index contributed by atoms with van der Waals surface area (Å²) in [7, 11) is 0. The van der Waals surface area contributed by atoms with Gasteiger partial charge in [0.25, 0.3) is 0 Å². The summed E-state index contributed by atoms with van der Waals surface area (Å²) in [6.07, 6.45) is -4.95. The number of carbonyl (C=O) groups is 1. The number of aliphatic carboxylic acids is 1. The Kier molecular flexibility index (Phi) is 6.59. The van der Waals surface area contributed by atoms with Gasteiger partial charge in [-0.1, -0.05) is 18.2 Å². The van der Waals surface area contributed by atoms with Gasteiger partial charge >= 0.3 is 18.3 Å². The molecule has 2 atom stereocenters. The second kappa shape index (κ2) is 9.53. The van der Waals surface area contributed by atoms with E-state index in [1.54, 1.807) is 18.2 Å². The summed E-state index contributed by atoms with van der Waals surface area (Å²) in [4.78, 5) is 12.2. The Morgan fingerprint density at radius 3 is 2.23 bits per heavy atom. The smallest absolute Gasteiger partial charge is 0.420 e. The lowest BCUT2D eigenvalue weighted by Gasteiger charge is -2.60. The predicted octanol–water partition coefficient (Wildman–Crippen LogP) is 7.87. The maximum absolute atomic E-state index is 14.2. The maximum Gasteiger partial charge on any atom is 0.420 e. The van der Waals surface area contributed by atoms with Gasteiger partial charge in [-0.3, -0.25) is 4.79 Å². The van der Waals surface area contributed by atoms with Crippen LogP contribution in [0.1, 0.15) is 75.3 Å². The zero-order valence-electron chi connectivity index (χ0n) is 22.0. The molecule has 4 nitrogen and oxygen atoms in total. The molecular formula is C30H33F6NO3. The normalized spacial score (nSPS) is 33.9. The van der Waals surface area contributed by atoms with E-state index >= 15 is 0 Å². The third-order valence-electron chi connectivity index (χ3n) is 9.94. The molecule has 0 aliphatic heterocycles. The number of alkyl halides is 6. The van der Waals surface area contributed by atoms with E-state index in [-0.39, 0.29) is 42.4 Å². The van der Waals surface area contributed by atoms with Crippen LogP contribution in [0.2, 0.25) is 0 Å². The molecule has 2 N–H and O–H groups in total. The van der Waals surface area contributed by atoms with Crippen LogP contribution in [0.4, 0.5) is 26.3 Å². The summed E-state index contributed by atoms with van der Waals surface area (Å²) < 4.78 is 87.4. The summed E-state index contributed by atoms with van der Waals surface area (Å²) in [5, 5.41) is 14.0. The van der Waals surface area contributed by atoms with Crippen LogP contribution in [-0.4, -0.2) is 28.9 Å². The lowest BCUT2D eigenvalue weighted by Crippen LogP contribution is -2.63. The highest BCUT2D eigenvalue weighted by molar-refractivity contribution is 5.89. The molecule has 2 unspecified atom stereocenters. The van der Waals surface area contributed by atoms with E-state index in [1.165, 1.54) is 12.1 Å². The Balaban J connectivity index is 1.20. The fourth-order valence-corrected chi connectivity index (χ4v) is 8.56. The quantitative estimate of drug-likeness (QED) is 0.348. The highest BCUT2D eigenvalue weighted by Gasteiger charge is 2.60. The number of benzene rings is 2. The molecule has 2 aromatic rings. The maximum atomic E-state index is 14.2. The molecule has 7 rings (SSSR count). The Labute approximate surface area is 228 Å². The van der Waals surface area contributed by atoms with Gasteiger partial charge in [-0.05, 0) is 105 Å². The standard InChI is InChI=1S/C30H33F6NO3/c31-29(32,33)21-3-5-22(6-4-21)40-24-8-2-20-10-17(1-7-23(20)25(24)30(34,35)36)15-37-28-13-18-9-19(14-28)12-27(11-18,16-28)26(38)39/h1-2,7-8,10,18-19,21-22,37H,3-6,9,11-16H2,(H,38,39). The summed E-state index contributed by atoms with van der Waals surface area (Å²) >= 11 is 0. The second-order valence-electron chi connectivity index (χ2n) is 12.8. The molecule has 5 fully saturated rings. The number of halogens is 6. The Morgan fingerprint density at radius 1 is 0.950 bits per heavy atom. The third kappa shape index (κ3) is 5.05. The van der Waals surface area contributed by atoms with Crippen molar-refractivity contribution < 1.29 is 41.0 Å². The molecule has 0 aromatic heterocycles. The Hall–Kier alpha value is -2.49. The number of nitrogens with one attached hydrogen (secondary N) is 1. The van der Waals surface area contributed by atoms with Crippen LogP contribution < -0.4 is 10.1 Å². The predicted molar refractivity (Wildman–Crippen MR) is 136 cm³/mol. The minimum absolute atomic E-state index is 0.0163. The first kappa shape index (κ1) is 27.7. The van der Waals surface area contributed by atoms with E-state index in [1.807, 2.05) is 0 Å². The van der Waals surface area contributed by atoms with Crippen molar-refractivity contribution in [2.24, 2.45) is 23.2 Å². The molecule has 5 saturated carbocycles. The van der Waals surface area contributed by atoms with E-state index in [4.69, 9.17) is 4.74 Å². The van der Waals surface area contributed by atoms with Crippen LogP contribution in [-0.2, 0) is 17.5 Å². The van der Waals surface area contributed by atoms with Crippen molar-refractivity contribution in [2.45, 2.75) is 94.7 Å². The fraction of sp³-hybridized carbons (Fsp3) is 0.633. The van der Waals surface area contributed by atoms with Gasteiger partial charge in [0.1, 0.15) is 11.3 Å². The molecule has 218 valence electrons. The SMILES string of the molecule is O=C(O)C12CC3CC(CC(NCc4ccc5c(C(F)(F)F)c(OC6CCC(C(F)(F)F)CC6)ccc5c4)(C3)C1)C2. The molecule has 0 amide bonds. The van der Waals surface area contributed by atoms with Crippen molar-refractivity contribution in [1.29, 1.82) is 0 Å². The summed E-state index contributed by atoms with van der Waals surface area (Å²) in [6.45, 7) is 0.424. The number of carboxylic acid groups (broad SMARTS) is 1. The molecule has 4 bridgehead atoms. The molecule has 40 heavy (non-hydrogen) atoms. The summed E-state index contributed by atoms with van der Waals surface area (Å²) in [6, 6.07) is 7.63. The number of hydrogen-bond donors (Lipinski definition) is 2. The van der Waals surface area contributed by atoms with Crippen LogP contribution in [0.5, 0.6) is 5.75 Å². The minimum Gasteiger partial charge on any atom is -0.490 e. The van der Waals surface area contributed by atoms with Crippen molar-refractivity contribution in [2.75, 3.05) is 0 Å². The first-order valence-electron chi connectivity index (χ1n) is 14.1. The number of hydrogen-bond acceptors (Lipinski definition) is 3. The number of fused-ring (bicyclic) bond motifs is 1. The number of rotatable bonds is 6. The van der Waals surface area contributed by atoms with E-state index in [2.05, 4.69) is 5.32 Å². The minimum atomic E-state index is -4.71. The van der Waals surface area contributed by atoms with Crippen LogP contribution in [0.25, 0.3) is 10.8 Å². The molecule has 0 spiro atoms. The lowest BCUT2D eigenvalue weighted by atomic mass is 9.47. The monoisotopic (exact) mass is 569 g/mol. The van der Waals surface area contributed by atoms with Crippen LogP contribution in [0.3, 0.4) is 0 Å². The first-order valence-corrected chi connectivity index (χ1v) is 14.1. The molecule has 5 aliphatic carbocycles. The summed E-state index contributed by atoms with van der Waals surface area (Å²) in [5.74, 6) is -1.74. The van der Waals surface area contributed by atoms with Gasteiger partial charge in [-0.25, -0.2) is 0 Å².